The molecule has 0 saturated carbocycles. The van der Waals surface area contributed by atoms with Crippen molar-refractivity contribution in [2.24, 2.45) is 0 Å². The summed E-state index contributed by atoms with van der Waals surface area (Å²) >= 11 is -10.5. The van der Waals surface area contributed by atoms with Crippen molar-refractivity contribution in [3.05, 3.63) is 0 Å². The van der Waals surface area contributed by atoms with Crippen LogP contribution in [0.2, 0.25) is 0 Å². The Morgan fingerprint density at radius 3 is 0.857 bits per heavy atom. The Kier molecular flexibility index (Phi) is 0.645. The monoisotopic (exact) mass is 210 g/mol. The average molecular weight is 209 g/mol. The molecule has 0 rings (SSSR count). The minimum atomic E-state index is -10.5. The molecule has 0 fully saturated rings. The molecule has 0 radical (unpaired) electrons. The van der Waals surface area contributed by atoms with E-state index in [0.717, 1.165) is 0 Å². The van der Waals surface area contributed by atoms with Crippen LogP contribution in [-0.2, 0) is 21.5 Å². The van der Waals surface area contributed by atoms with Crippen LogP contribution in [0.1, 0.15) is 0 Å². The molecule has 0 aromatic heterocycles. The fraction of sp³-hybridized carbons (Fsp3) is 0. The molecule has 0 heterocycles. The third-order valence-corrected chi connectivity index (χ3v) is 0. The van der Waals surface area contributed by atoms with E-state index in [1.807, 2.05) is 0 Å². The number of halogens is 4. The van der Waals surface area contributed by atoms with Crippen LogP contribution >= 0.6 is 0 Å². The number of hydrogen-bond donors (Lipinski definition) is 0. The first-order chi connectivity index (χ1) is 2.45. The van der Waals surface area contributed by atoms with Gasteiger partial charge in [-0.3, -0.25) is 0 Å². The minimum absolute atomic E-state index is 8.21. The Labute approximate surface area is 35.6 Å². The van der Waals surface area contributed by atoms with Crippen molar-refractivity contribution < 1.29 is 34.7 Å². The molecule has 2 nitrogen and oxygen atoms in total. The van der Waals surface area contributed by atoms with Crippen molar-refractivity contribution >= 4 is 0 Å². The van der Waals surface area contributed by atoms with Crippen LogP contribution in [0.25, 0.3) is 0 Å². The van der Waals surface area contributed by atoms with E-state index in [-0.39, 0.29) is 0 Å². The predicted molar refractivity (Wildman–Crippen MR) is 5.80 cm³/mol. The van der Waals surface area contributed by atoms with Crippen molar-refractivity contribution in [2.75, 3.05) is 0 Å². The fourth-order valence-electron chi connectivity index (χ4n) is 0. The third-order valence-electron chi connectivity index (χ3n) is 0. The van der Waals surface area contributed by atoms with Gasteiger partial charge in [0.05, 0.1) is 0 Å². The second kappa shape index (κ2) is 0.650. The summed E-state index contributed by atoms with van der Waals surface area (Å²) in [5, 5.41) is 0. The van der Waals surface area contributed by atoms with Gasteiger partial charge in [-0.2, -0.15) is 0 Å². The molecule has 0 atom stereocenters. The zero-order chi connectivity index (χ0) is 6.41. The second-order valence-corrected chi connectivity index (χ2v) is 4.72. The molecular weight excluding hydrogens is 209 g/mol. The topological polar surface area (TPSA) is 34.1 Å². The van der Waals surface area contributed by atoms with Gasteiger partial charge in [0, 0.05) is 0 Å². The molecule has 0 N–H and O–H groups in total. The molecule has 0 aromatic carbocycles. The van der Waals surface area contributed by atoms with E-state index in [0.29, 0.717) is 0 Å². The van der Waals surface area contributed by atoms with Crippen molar-refractivity contribution in [2.45, 2.75) is 0 Å². The van der Waals surface area contributed by atoms with Crippen LogP contribution in [0.5, 0.6) is 0 Å². The first-order valence-corrected chi connectivity index (χ1v) is 4.87. The van der Waals surface area contributed by atoms with Gasteiger partial charge in [0.25, 0.3) is 0 Å². The van der Waals surface area contributed by atoms with Gasteiger partial charge in [0.2, 0.25) is 0 Å². The summed E-state index contributed by atoms with van der Waals surface area (Å²) in [6.07, 6.45) is 0. The van der Waals surface area contributed by atoms with Crippen molar-refractivity contribution in [1.82, 2.24) is 0 Å². The SMILES string of the molecule is [O]=[Ru](=[O])([F])([F])([F])[F]. The van der Waals surface area contributed by atoms with Crippen LogP contribution < -0.4 is 0 Å². The summed E-state index contributed by atoms with van der Waals surface area (Å²) in [6.45, 7) is 0. The third kappa shape index (κ3) is 28800. The fourth-order valence-corrected chi connectivity index (χ4v) is 0. The van der Waals surface area contributed by atoms with Gasteiger partial charge in [0.1, 0.15) is 0 Å². The molecule has 0 bridgehead atoms. The van der Waals surface area contributed by atoms with Crippen molar-refractivity contribution in [1.29, 1.82) is 0 Å². The Balaban J connectivity index is 5.35. The first-order valence-electron chi connectivity index (χ1n) is 0.823. The van der Waals surface area contributed by atoms with E-state index in [1.54, 1.807) is 0 Å². The van der Waals surface area contributed by atoms with Gasteiger partial charge in [-0.05, 0) is 0 Å². The normalized spacial score (nSPS) is 22.9. The van der Waals surface area contributed by atoms with E-state index < -0.39 is 14.3 Å². The van der Waals surface area contributed by atoms with Gasteiger partial charge in [-0.1, -0.05) is 0 Å². The van der Waals surface area contributed by atoms with E-state index in [2.05, 4.69) is 0 Å². The molecule has 0 spiro atoms. The molecular formula is F4O2Ru. The predicted octanol–water partition coefficient (Wildman–Crippen LogP) is 1.44. The molecule has 0 saturated heterocycles. The molecule has 0 aliphatic heterocycles. The van der Waals surface area contributed by atoms with Crippen LogP contribution in [0.3, 0.4) is 0 Å². The Bertz CT molecular complexity index is 189. The van der Waals surface area contributed by atoms with E-state index in [1.165, 1.54) is 0 Å². The number of hydrogen-bond acceptors (Lipinski definition) is 2. The van der Waals surface area contributed by atoms with Crippen LogP contribution in [0.4, 0.5) is 13.3 Å². The Morgan fingerprint density at radius 1 is 0.857 bits per heavy atom. The molecule has 0 aliphatic carbocycles. The number of rotatable bonds is 0. The molecule has 7 heavy (non-hydrogen) atoms. The molecule has 0 aliphatic rings. The van der Waals surface area contributed by atoms with Crippen molar-refractivity contribution in [3.8, 4) is 0 Å². The summed E-state index contributed by atoms with van der Waals surface area (Å²) in [5.41, 5.74) is 0. The summed E-state index contributed by atoms with van der Waals surface area (Å²) in [5.74, 6) is 0. The zero-order valence-corrected chi connectivity index (χ0v) is 4.42. The van der Waals surface area contributed by atoms with Gasteiger partial charge in [-0.25, -0.2) is 0 Å². The summed E-state index contributed by atoms with van der Waals surface area (Å²) in [7, 11) is 0. The van der Waals surface area contributed by atoms with Crippen molar-refractivity contribution in [3.63, 3.8) is 0 Å². The maximum absolute atomic E-state index is 10.5. The molecule has 0 aromatic rings. The summed E-state index contributed by atoms with van der Waals surface area (Å²) in [6, 6.07) is 0. The average Bonchev–Trinajstić information content (AvgIpc) is 0.592. The zero-order valence-electron chi connectivity index (χ0n) is 2.68. The maximum atomic E-state index is 10.1. The van der Waals surface area contributed by atoms with Gasteiger partial charge < -0.3 is 0 Å². The van der Waals surface area contributed by atoms with E-state index >= 15 is 0 Å². The van der Waals surface area contributed by atoms with Gasteiger partial charge >= 0.3 is 34.7 Å². The Morgan fingerprint density at radius 2 is 0.857 bits per heavy atom. The quantitative estimate of drug-likeness (QED) is 0.446. The molecule has 48 valence electrons. The standard InChI is InChI=1S/4FH.2O.Ru/h4*1H;;;/q;;;;;;+4/p-4. The Hall–Kier alpha value is -0.0566. The van der Waals surface area contributed by atoms with Gasteiger partial charge in [0.15, 0.2) is 0 Å². The van der Waals surface area contributed by atoms with Gasteiger partial charge in [-0.15, -0.1) is 0 Å². The molecule has 0 amide bonds. The first kappa shape index (κ1) is 6.94. The molecule has 0 unspecified atom stereocenters. The van der Waals surface area contributed by atoms with Crippen LogP contribution in [0.15, 0.2) is 0 Å². The van der Waals surface area contributed by atoms with E-state index in [9.17, 15) is 13.3 Å². The van der Waals surface area contributed by atoms with Crippen LogP contribution in [0, 0.1) is 0 Å². The van der Waals surface area contributed by atoms with Crippen LogP contribution in [-0.4, -0.2) is 0 Å². The molecule has 7 heteroatoms. The summed E-state index contributed by atoms with van der Waals surface area (Å²) in [4.78, 5) is 0. The van der Waals surface area contributed by atoms with E-state index in [4.69, 9.17) is 7.15 Å². The second-order valence-electron chi connectivity index (χ2n) is 0.798. The summed E-state index contributed by atoms with van der Waals surface area (Å²) < 4.78 is 56.9.